The summed E-state index contributed by atoms with van der Waals surface area (Å²) >= 11 is 0. The van der Waals surface area contributed by atoms with Crippen LogP contribution in [0.25, 0.3) is 0 Å². The van der Waals surface area contributed by atoms with Crippen LogP contribution in [-0.2, 0) is 6.42 Å². The molecular weight excluding hydrogens is 304 g/mol. The summed E-state index contributed by atoms with van der Waals surface area (Å²) in [6.45, 7) is 6.67. The van der Waals surface area contributed by atoms with Crippen LogP contribution < -0.4 is 0 Å². The number of hydrogen-bond donors (Lipinski definition) is 1. The van der Waals surface area contributed by atoms with Crippen molar-refractivity contribution in [1.29, 1.82) is 0 Å². The van der Waals surface area contributed by atoms with Crippen molar-refractivity contribution in [2.24, 2.45) is 0 Å². The lowest BCUT2D eigenvalue weighted by Crippen LogP contribution is -1.91. The Morgan fingerprint density at radius 1 is 0.720 bits per heavy atom. The monoisotopic (exact) mass is 348 g/mol. The highest BCUT2D eigenvalue weighted by Crippen LogP contribution is 2.15. The normalized spacial score (nSPS) is 11.5. The van der Waals surface area contributed by atoms with Gasteiger partial charge in [0.15, 0.2) is 0 Å². The largest absolute Gasteiger partial charge is 0.346 e. The summed E-state index contributed by atoms with van der Waals surface area (Å²) < 4.78 is 0. The van der Waals surface area contributed by atoms with Crippen molar-refractivity contribution >= 4 is 0 Å². The van der Waals surface area contributed by atoms with E-state index in [9.17, 15) is 0 Å². The average molecular weight is 349 g/mol. The minimum atomic E-state index is 0.509. The third kappa shape index (κ3) is 12.2. The van der Waals surface area contributed by atoms with Crippen LogP contribution in [0, 0.1) is 0 Å². The Bertz CT molecular complexity index is 395. The number of aryl methyl sites for hydroxylation is 1. The van der Waals surface area contributed by atoms with Crippen LogP contribution in [0.1, 0.15) is 135 Å². The lowest BCUT2D eigenvalue weighted by atomic mass is 10.0. The molecule has 0 saturated heterocycles. The van der Waals surface area contributed by atoms with Gasteiger partial charge in [0.1, 0.15) is 5.82 Å². The van der Waals surface area contributed by atoms with E-state index in [0.717, 1.165) is 12.2 Å². The molecule has 2 heteroatoms. The van der Waals surface area contributed by atoms with Crippen LogP contribution in [0.15, 0.2) is 6.20 Å². The predicted molar refractivity (Wildman–Crippen MR) is 111 cm³/mol. The van der Waals surface area contributed by atoms with Crippen LogP contribution in [0.3, 0.4) is 0 Å². The molecule has 1 aromatic heterocycles. The van der Waals surface area contributed by atoms with E-state index >= 15 is 0 Å². The van der Waals surface area contributed by atoms with Crippen LogP contribution >= 0.6 is 0 Å². The number of nitrogens with zero attached hydrogens (tertiary/aromatic N) is 1. The average Bonchev–Trinajstić information content (AvgIpc) is 3.07. The topological polar surface area (TPSA) is 28.7 Å². The summed E-state index contributed by atoms with van der Waals surface area (Å²) in [7, 11) is 0. The van der Waals surface area contributed by atoms with Gasteiger partial charge < -0.3 is 4.98 Å². The van der Waals surface area contributed by atoms with Crippen LogP contribution in [0.5, 0.6) is 0 Å². The van der Waals surface area contributed by atoms with Gasteiger partial charge in [-0.05, 0) is 12.8 Å². The number of aromatic nitrogens is 2. The smallest absolute Gasteiger partial charge is 0.108 e. The summed E-state index contributed by atoms with van der Waals surface area (Å²) in [4.78, 5) is 7.90. The van der Waals surface area contributed by atoms with Crippen molar-refractivity contribution in [2.45, 2.75) is 129 Å². The van der Waals surface area contributed by atoms with Crippen molar-refractivity contribution in [3.63, 3.8) is 0 Å². The van der Waals surface area contributed by atoms with E-state index < -0.39 is 0 Å². The van der Waals surface area contributed by atoms with Gasteiger partial charge in [0.2, 0.25) is 0 Å². The first kappa shape index (κ1) is 22.3. The van der Waals surface area contributed by atoms with Crippen molar-refractivity contribution in [3.05, 3.63) is 17.7 Å². The molecule has 0 spiro atoms. The molecule has 1 N–H and O–H groups in total. The number of hydrogen-bond acceptors (Lipinski definition) is 1. The molecule has 25 heavy (non-hydrogen) atoms. The molecule has 2 nitrogen and oxygen atoms in total. The summed E-state index contributed by atoms with van der Waals surface area (Å²) in [6, 6.07) is 0. The molecule has 0 aromatic carbocycles. The second kappa shape index (κ2) is 15.5. The van der Waals surface area contributed by atoms with Crippen molar-refractivity contribution < 1.29 is 0 Å². The van der Waals surface area contributed by atoms with Gasteiger partial charge in [-0.3, -0.25) is 0 Å². The van der Waals surface area contributed by atoms with E-state index in [1.807, 2.05) is 6.20 Å². The molecule has 0 fully saturated rings. The molecule has 0 aliphatic heterocycles. The zero-order valence-corrected chi connectivity index (χ0v) is 17.4. The maximum absolute atomic E-state index is 4.45. The zero-order chi connectivity index (χ0) is 18.2. The van der Waals surface area contributed by atoms with Gasteiger partial charge in [0, 0.05) is 17.8 Å². The molecule has 0 atom stereocenters. The second-order valence-corrected chi connectivity index (χ2v) is 8.15. The fourth-order valence-corrected chi connectivity index (χ4v) is 3.48. The van der Waals surface area contributed by atoms with E-state index in [2.05, 4.69) is 30.7 Å². The molecule has 1 heterocycles. The van der Waals surface area contributed by atoms with Crippen molar-refractivity contribution in [3.8, 4) is 0 Å². The molecule has 146 valence electrons. The Balaban J connectivity index is 1.78. The lowest BCUT2D eigenvalue weighted by Gasteiger charge is -2.03. The van der Waals surface area contributed by atoms with E-state index in [0.29, 0.717) is 5.92 Å². The number of rotatable bonds is 17. The van der Waals surface area contributed by atoms with Crippen LogP contribution in [0.2, 0.25) is 0 Å². The van der Waals surface area contributed by atoms with Gasteiger partial charge in [-0.15, -0.1) is 0 Å². The Kier molecular flexibility index (Phi) is 13.8. The molecule has 0 bridgehead atoms. The third-order valence-electron chi connectivity index (χ3n) is 5.24. The highest BCUT2D eigenvalue weighted by atomic mass is 14.9. The van der Waals surface area contributed by atoms with E-state index in [-0.39, 0.29) is 0 Å². The third-order valence-corrected chi connectivity index (χ3v) is 5.24. The number of H-pyrrole nitrogens is 1. The molecule has 1 rings (SSSR count). The first-order chi connectivity index (χ1) is 12.2. The SMILES string of the molecule is CCCCCCCCCCCCCCCCCc1cnc(C(C)C)[nH]1. The van der Waals surface area contributed by atoms with Gasteiger partial charge in [-0.25, -0.2) is 4.98 Å². The second-order valence-electron chi connectivity index (χ2n) is 8.15. The van der Waals surface area contributed by atoms with Crippen LogP contribution in [-0.4, -0.2) is 9.97 Å². The molecule has 1 aromatic rings. The van der Waals surface area contributed by atoms with Crippen molar-refractivity contribution in [1.82, 2.24) is 9.97 Å². The highest BCUT2D eigenvalue weighted by molar-refractivity contribution is 5.04. The van der Waals surface area contributed by atoms with Gasteiger partial charge in [-0.1, -0.05) is 111 Å². The van der Waals surface area contributed by atoms with Gasteiger partial charge in [0.05, 0.1) is 0 Å². The fourth-order valence-electron chi connectivity index (χ4n) is 3.48. The molecule has 0 saturated carbocycles. The first-order valence-corrected chi connectivity index (χ1v) is 11.3. The number of imidazole rings is 1. The Hall–Kier alpha value is -0.790. The maximum atomic E-state index is 4.45. The summed E-state index contributed by atoms with van der Waals surface area (Å²) in [5.74, 6) is 1.64. The van der Waals surface area contributed by atoms with Gasteiger partial charge >= 0.3 is 0 Å². The lowest BCUT2D eigenvalue weighted by molar-refractivity contribution is 0.532. The fraction of sp³-hybridized carbons (Fsp3) is 0.870. The minimum absolute atomic E-state index is 0.509. The molecule has 0 amide bonds. The van der Waals surface area contributed by atoms with E-state index in [1.54, 1.807) is 0 Å². The maximum Gasteiger partial charge on any atom is 0.108 e. The highest BCUT2D eigenvalue weighted by Gasteiger charge is 2.04. The predicted octanol–water partition coefficient (Wildman–Crippen LogP) is 7.95. The number of nitrogens with one attached hydrogen (secondary N) is 1. The molecule has 0 aliphatic rings. The number of unbranched alkanes of at least 4 members (excludes halogenated alkanes) is 14. The first-order valence-electron chi connectivity index (χ1n) is 11.3. The van der Waals surface area contributed by atoms with Crippen LogP contribution in [0.4, 0.5) is 0 Å². The summed E-state index contributed by atoms with van der Waals surface area (Å²) in [5.41, 5.74) is 1.32. The number of aromatic amines is 1. The zero-order valence-electron chi connectivity index (χ0n) is 17.4. The van der Waals surface area contributed by atoms with Gasteiger partial charge in [-0.2, -0.15) is 0 Å². The quantitative estimate of drug-likeness (QED) is 0.284. The van der Waals surface area contributed by atoms with E-state index in [4.69, 9.17) is 0 Å². The summed E-state index contributed by atoms with van der Waals surface area (Å²) in [5, 5.41) is 0. The Labute approximate surface area is 157 Å². The van der Waals surface area contributed by atoms with Crippen molar-refractivity contribution in [2.75, 3.05) is 0 Å². The molecule has 0 aliphatic carbocycles. The Morgan fingerprint density at radius 3 is 1.56 bits per heavy atom. The molecule has 0 unspecified atom stereocenters. The minimum Gasteiger partial charge on any atom is -0.346 e. The molecule has 0 radical (unpaired) electrons. The van der Waals surface area contributed by atoms with Gasteiger partial charge in [0.25, 0.3) is 0 Å². The Morgan fingerprint density at radius 2 is 1.16 bits per heavy atom. The van der Waals surface area contributed by atoms with E-state index in [1.165, 1.54) is 102 Å². The summed E-state index contributed by atoms with van der Waals surface area (Å²) in [6.07, 6.45) is 24.6. The standard InChI is InChI=1S/C23H44N2/c1-4-5-6-7-8-9-10-11-12-13-14-15-16-17-18-19-22-20-24-23(25-22)21(2)3/h20-21H,4-19H2,1-3H3,(H,24,25). The molecular formula is C23H44N2.